The fraction of sp³-hybridized carbons (Fsp3) is 0.0714. The highest BCUT2D eigenvalue weighted by molar-refractivity contribution is 6.26. The zero-order chi connectivity index (χ0) is 16.1. The first kappa shape index (κ1) is 13.3. The summed E-state index contributed by atoms with van der Waals surface area (Å²) in [6.07, 6.45) is 0.437. The lowest BCUT2D eigenvalue weighted by Gasteiger charge is -2.29. The number of aliphatic imine (C=N–C) groups is 1. The van der Waals surface area contributed by atoms with Gasteiger partial charge in [-0.05, 0) is 11.5 Å². The van der Waals surface area contributed by atoms with E-state index in [2.05, 4.69) is 15.8 Å². The van der Waals surface area contributed by atoms with Gasteiger partial charge in [0.1, 0.15) is 6.34 Å². The molecule has 114 valence electrons. The molecule has 0 fully saturated rings. The van der Waals surface area contributed by atoms with E-state index in [9.17, 15) is 19.7 Å². The van der Waals surface area contributed by atoms with Crippen molar-refractivity contribution in [3.05, 3.63) is 51.6 Å². The van der Waals surface area contributed by atoms with Crippen molar-refractivity contribution in [3.63, 3.8) is 0 Å². The van der Waals surface area contributed by atoms with Gasteiger partial charge in [0.2, 0.25) is 6.29 Å². The third-order valence-electron chi connectivity index (χ3n) is 3.81. The molecule has 4 rings (SSSR count). The molecule has 2 heterocycles. The largest absolute Gasteiger partial charge is 0.309 e. The number of nitrogens with one attached hydrogen (secondary N) is 2. The van der Waals surface area contributed by atoms with Crippen molar-refractivity contribution in [2.75, 3.05) is 0 Å². The number of nitrogens with zero attached hydrogens (tertiary/aromatic N) is 3. The first-order valence-electron chi connectivity index (χ1n) is 6.69. The van der Waals surface area contributed by atoms with Crippen LogP contribution in [0.2, 0.25) is 0 Å². The topological polar surface area (TPSA) is 117 Å². The van der Waals surface area contributed by atoms with Crippen LogP contribution in [0.25, 0.3) is 10.8 Å². The van der Waals surface area contributed by atoms with Gasteiger partial charge in [0.25, 0.3) is 17.5 Å². The van der Waals surface area contributed by atoms with Gasteiger partial charge in [0.05, 0.1) is 10.5 Å². The zero-order valence-electron chi connectivity index (χ0n) is 11.5. The number of nitro benzene ring substituents is 1. The predicted molar refractivity (Wildman–Crippen MR) is 79.7 cm³/mol. The van der Waals surface area contributed by atoms with E-state index in [0.29, 0.717) is 16.3 Å². The Morgan fingerprint density at radius 1 is 1.17 bits per heavy atom. The number of amides is 2. The number of hydrogen-bond donors (Lipinski definition) is 2. The summed E-state index contributed by atoms with van der Waals surface area (Å²) in [6, 6.07) is 7.40. The Bertz CT molecular complexity index is 923. The van der Waals surface area contributed by atoms with Crippen LogP contribution < -0.4 is 10.9 Å². The minimum atomic E-state index is -0.891. The molecule has 1 unspecified atom stereocenters. The van der Waals surface area contributed by atoms with Crippen molar-refractivity contribution in [2.45, 2.75) is 6.29 Å². The van der Waals surface area contributed by atoms with Crippen LogP contribution in [-0.4, -0.2) is 34.3 Å². The summed E-state index contributed by atoms with van der Waals surface area (Å²) in [5, 5.41) is 12.0. The van der Waals surface area contributed by atoms with Crippen molar-refractivity contribution in [3.8, 4) is 0 Å². The maximum absolute atomic E-state index is 12.7. The number of rotatable bonds is 2. The molecule has 0 spiro atoms. The molecule has 2 aliphatic rings. The quantitative estimate of drug-likeness (QED) is 0.480. The SMILES string of the molecule is O=C1c2cccc3cc([N+](=O)[O-])cc(c23)C(=O)N1C1N=CNN1. The third kappa shape index (κ3) is 1.80. The van der Waals surface area contributed by atoms with E-state index in [1.54, 1.807) is 18.2 Å². The monoisotopic (exact) mass is 311 g/mol. The number of benzene rings is 2. The summed E-state index contributed by atoms with van der Waals surface area (Å²) in [5.74, 6) is -1.12. The molecule has 0 saturated heterocycles. The minimum Gasteiger partial charge on any atom is -0.309 e. The second kappa shape index (κ2) is 4.58. The average Bonchev–Trinajstić information content (AvgIpc) is 3.06. The molecule has 23 heavy (non-hydrogen) atoms. The Hall–Kier alpha value is -3.33. The van der Waals surface area contributed by atoms with Crippen LogP contribution >= 0.6 is 0 Å². The number of carbonyl (C=O) groups excluding carboxylic acids is 2. The van der Waals surface area contributed by atoms with Crippen LogP contribution in [0, 0.1) is 10.1 Å². The summed E-state index contributed by atoms with van der Waals surface area (Å²) in [4.78, 5) is 40.8. The molecule has 9 heteroatoms. The number of hydrogen-bond acceptors (Lipinski definition) is 7. The molecule has 0 radical (unpaired) electrons. The van der Waals surface area contributed by atoms with E-state index < -0.39 is 23.0 Å². The van der Waals surface area contributed by atoms with Crippen LogP contribution in [-0.2, 0) is 0 Å². The van der Waals surface area contributed by atoms with Gasteiger partial charge in [0, 0.05) is 23.1 Å². The first-order chi connectivity index (χ1) is 11.1. The van der Waals surface area contributed by atoms with Crippen molar-refractivity contribution in [1.82, 2.24) is 15.8 Å². The fourth-order valence-electron chi connectivity index (χ4n) is 2.83. The van der Waals surface area contributed by atoms with E-state index in [1.807, 2.05) is 0 Å². The fourth-order valence-corrected chi connectivity index (χ4v) is 2.83. The molecular formula is C14H9N5O4. The Morgan fingerprint density at radius 3 is 2.65 bits per heavy atom. The van der Waals surface area contributed by atoms with Gasteiger partial charge in [-0.3, -0.25) is 19.7 Å². The highest BCUT2D eigenvalue weighted by Crippen LogP contribution is 2.34. The first-order valence-corrected chi connectivity index (χ1v) is 6.69. The number of carbonyl (C=O) groups is 2. The van der Waals surface area contributed by atoms with Gasteiger partial charge >= 0.3 is 0 Å². The van der Waals surface area contributed by atoms with Crippen LogP contribution in [0.5, 0.6) is 0 Å². The number of hydrazine groups is 1. The zero-order valence-corrected chi connectivity index (χ0v) is 11.5. The molecule has 0 aromatic heterocycles. The Balaban J connectivity index is 1.99. The summed E-state index contributed by atoms with van der Waals surface area (Å²) in [6.45, 7) is 0. The van der Waals surface area contributed by atoms with Gasteiger partial charge in [-0.25, -0.2) is 9.89 Å². The van der Waals surface area contributed by atoms with Gasteiger partial charge < -0.3 is 5.43 Å². The molecule has 0 bridgehead atoms. The highest BCUT2D eigenvalue weighted by Gasteiger charge is 2.39. The Labute approximate surface area is 128 Å². The number of imide groups is 1. The van der Waals surface area contributed by atoms with E-state index in [4.69, 9.17) is 0 Å². The summed E-state index contributed by atoms with van der Waals surface area (Å²) < 4.78 is 0. The lowest BCUT2D eigenvalue weighted by molar-refractivity contribution is -0.384. The number of non-ortho nitro benzene ring substituents is 1. The van der Waals surface area contributed by atoms with Gasteiger partial charge in [0.15, 0.2) is 0 Å². The summed E-state index contributed by atoms with van der Waals surface area (Å²) >= 11 is 0. The average molecular weight is 311 g/mol. The molecule has 9 nitrogen and oxygen atoms in total. The second-order valence-electron chi connectivity index (χ2n) is 5.07. The van der Waals surface area contributed by atoms with Crippen molar-refractivity contribution < 1.29 is 14.5 Å². The molecule has 0 saturated carbocycles. The maximum atomic E-state index is 12.7. The lowest BCUT2D eigenvalue weighted by atomic mass is 9.93. The van der Waals surface area contributed by atoms with E-state index in [1.165, 1.54) is 18.5 Å². The lowest BCUT2D eigenvalue weighted by Crippen LogP contribution is -2.52. The smallest absolute Gasteiger partial charge is 0.270 e. The van der Waals surface area contributed by atoms with Crippen LogP contribution in [0.1, 0.15) is 20.7 Å². The van der Waals surface area contributed by atoms with Crippen molar-refractivity contribution in [2.24, 2.45) is 4.99 Å². The van der Waals surface area contributed by atoms with E-state index >= 15 is 0 Å². The molecular weight excluding hydrogens is 302 g/mol. The summed E-state index contributed by atoms with van der Waals surface area (Å²) in [5.41, 5.74) is 5.49. The predicted octanol–water partition coefficient (Wildman–Crippen LogP) is 0.764. The highest BCUT2D eigenvalue weighted by atomic mass is 16.6. The molecule has 2 aromatic carbocycles. The minimum absolute atomic E-state index is 0.119. The molecule has 2 aliphatic heterocycles. The van der Waals surface area contributed by atoms with Crippen molar-refractivity contribution >= 4 is 34.6 Å². The molecule has 2 aromatic rings. The Kier molecular flexibility index (Phi) is 2.66. The summed E-state index contributed by atoms with van der Waals surface area (Å²) in [7, 11) is 0. The molecule has 2 amide bonds. The van der Waals surface area contributed by atoms with Crippen LogP contribution in [0.15, 0.2) is 35.3 Å². The molecule has 2 N–H and O–H groups in total. The molecule has 1 atom stereocenters. The maximum Gasteiger partial charge on any atom is 0.270 e. The Morgan fingerprint density at radius 2 is 1.96 bits per heavy atom. The number of nitro groups is 1. The van der Waals surface area contributed by atoms with Gasteiger partial charge in [-0.1, -0.05) is 12.1 Å². The van der Waals surface area contributed by atoms with Crippen LogP contribution in [0.3, 0.4) is 0 Å². The molecule has 0 aliphatic carbocycles. The van der Waals surface area contributed by atoms with Gasteiger partial charge in [-0.15, -0.1) is 0 Å². The van der Waals surface area contributed by atoms with Crippen LogP contribution in [0.4, 0.5) is 5.69 Å². The normalized spacial score (nSPS) is 19.3. The van der Waals surface area contributed by atoms with Crippen molar-refractivity contribution in [1.29, 1.82) is 0 Å². The second-order valence-corrected chi connectivity index (χ2v) is 5.07. The van der Waals surface area contributed by atoms with E-state index in [-0.39, 0.29) is 11.3 Å². The van der Waals surface area contributed by atoms with Gasteiger partial charge in [-0.2, -0.15) is 5.43 Å². The third-order valence-corrected chi connectivity index (χ3v) is 3.81. The standard InChI is InChI=1S/C14H9N5O4/c20-12-9-3-1-2-7-4-8(19(22)23)5-10(11(7)9)13(21)18(12)14-15-6-16-17-14/h1-6,14,17H,(H,15,16). The van der Waals surface area contributed by atoms with E-state index in [0.717, 1.165) is 4.90 Å².